The highest BCUT2D eigenvalue weighted by atomic mass is 16.6. The van der Waals surface area contributed by atoms with E-state index < -0.39 is 5.60 Å². The molecule has 6 rings (SSSR count). The van der Waals surface area contributed by atoms with Gasteiger partial charge in [-0.1, -0.05) is 18.2 Å². The Bertz CT molecular complexity index is 1530. The minimum atomic E-state index is -0.491. The van der Waals surface area contributed by atoms with Gasteiger partial charge in [0.1, 0.15) is 17.5 Å². The number of hydrogen-bond acceptors (Lipinski definition) is 11. The van der Waals surface area contributed by atoms with Crippen LogP contribution in [0.3, 0.4) is 0 Å². The predicted octanol–water partition coefficient (Wildman–Crippen LogP) is 5.49. The number of rotatable bonds is 9. The fourth-order valence-corrected chi connectivity index (χ4v) is 7.21. The Labute approximate surface area is 283 Å². The fraction of sp³-hybridized carbons (Fsp3) is 0.556. The number of piperazine rings is 1. The number of fused-ring (bicyclic) bond motifs is 2. The number of benzene rings is 1. The number of para-hydroxylation sites is 1. The van der Waals surface area contributed by atoms with Gasteiger partial charge in [-0.2, -0.15) is 0 Å². The van der Waals surface area contributed by atoms with Crippen molar-refractivity contribution in [2.75, 3.05) is 36.8 Å². The van der Waals surface area contributed by atoms with E-state index in [9.17, 15) is 9.90 Å². The maximum atomic E-state index is 12.4. The van der Waals surface area contributed by atoms with Gasteiger partial charge in [0.2, 0.25) is 5.88 Å². The Morgan fingerprint density at radius 3 is 2.35 bits per heavy atom. The third-order valence-corrected chi connectivity index (χ3v) is 9.64. The van der Waals surface area contributed by atoms with Crippen LogP contribution in [0.5, 0.6) is 5.75 Å². The zero-order valence-corrected chi connectivity index (χ0v) is 28.5. The average Bonchev–Trinajstić information content (AvgIpc) is 3.29. The molecule has 3 aliphatic heterocycles. The normalized spacial score (nSPS) is 25.1. The number of nitrogens with two attached hydrogens (primary N) is 1. The van der Waals surface area contributed by atoms with Gasteiger partial charge in [-0.05, 0) is 78.3 Å². The Morgan fingerprint density at radius 1 is 1.04 bits per heavy atom. The number of hydrogen-bond donors (Lipinski definition) is 2. The summed E-state index contributed by atoms with van der Waals surface area (Å²) in [6.45, 7) is 14.4. The van der Waals surface area contributed by atoms with Crippen LogP contribution in [0, 0.1) is 0 Å². The van der Waals surface area contributed by atoms with E-state index in [-0.39, 0.29) is 42.2 Å². The van der Waals surface area contributed by atoms with Crippen LogP contribution in [0.1, 0.15) is 66.2 Å². The highest BCUT2D eigenvalue weighted by molar-refractivity contribution is 5.74. The molecule has 1 saturated carbocycles. The van der Waals surface area contributed by atoms with Crippen molar-refractivity contribution in [2.24, 2.45) is 4.99 Å². The lowest BCUT2D eigenvalue weighted by Gasteiger charge is -2.44. The number of aliphatic imine (C=N–C) groups is 1. The molecule has 48 heavy (non-hydrogen) atoms. The van der Waals surface area contributed by atoms with E-state index in [0.717, 1.165) is 63.0 Å². The summed E-state index contributed by atoms with van der Waals surface area (Å²) >= 11 is 0. The lowest BCUT2D eigenvalue weighted by molar-refractivity contribution is -0.122. The van der Waals surface area contributed by atoms with Crippen LogP contribution in [0.15, 0.2) is 59.1 Å². The first-order valence-corrected chi connectivity index (χ1v) is 17.1. The number of likely N-dealkylation sites (tertiary alicyclic amines) is 1. The molecule has 1 aromatic carbocycles. The standard InChI is InChI=1S/C36H49N7O5/c1-6-23(17-33(38-5)47-28-18-27(19-28)46-26-13-15-41(16-14-26)35(45)48-36(2,3)4)43-24-11-12-25(43)22-42(21-24)31-20-30(39-40-34(31)37)29-9-7-8-10-32(29)44/h6-10,17,20,24-28,44H,5,11-16,18-19,21-22H2,1-4H3,(H2,37,40)/b23-6+,33-17+/t24?,25?,27-,28-. The van der Waals surface area contributed by atoms with Gasteiger partial charge in [0.05, 0.1) is 23.6 Å². The molecular formula is C36H49N7O5. The summed E-state index contributed by atoms with van der Waals surface area (Å²) in [5.74, 6) is 1.07. The number of allylic oxidation sites excluding steroid dienone is 2. The van der Waals surface area contributed by atoms with E-state index in [0.29, 0.717) is 36.0 Å². The maximum Gasteiger partial charge on any atom is 0.410 e. The Kier molecular flexibility index (Phi) is 9.82. The number of anilines is 2. The first-order valence-electron chi connectivity index (χ1n) is 17.1. The smallest absolute Gasteiger partial charge is 0.410 e. The van der Waals surface area contributed by atoms with Gasteiger partial charge in [-0.25, -0.2) is 9.79 Å². The Hall–Kier alpha value is -4.32. The number of piperidine rings is 1. The molecule has 4 aliphatic rings. The first kappa shape index (κ1) is 33.6. The van der Waals surface area contributed by atoms with Crippen molar-refractivity contribution in [3.8, 4) is 17.0 Å². The van der Waals surface area contributed by atoms with Gasteiger partial charge >= 0.3 is 6.09 Å². The van der Waals surface area contributed by atoms with Crippen molar-refractivity contribution < 1.29 is 24.1 Å². The summed E-state index contributed by atoms with van der Waals surface area (Å²) in [7, 11) is 0. The third-order valence-electron chi connectivity index (χ3n) is 9.64. The molecular weight excluding hydrogens is 610 g/mol. The van der Waals surface area contributed by atoms with Crippen molar-refractivity contribution in [3.05, 3.63) is 54.1 Å². The van der Waals surface area contributed by atoms with Crippen LogP contribution >= 0.6 is 0 Å². The molecule has 1 aromatic heterocycles. The summed E-state index contributed by atoms with van der Waals surface area (Å²) in [4.78, 5) is 23.2. The first-order chi connectivity index (χ1) is 23.0. The molecule has 2 unspecified atom stereocenters. The van der Waals surface area contributed by atoms with Gasteiger partial charge in [0, 0.05) is 68.4 Å². The molecule has 3 N–H and O–H groups in total. The summed E-state index contributed by atoms with van der Waals surface area (Å²) in [6.07, 6.45) is 9.54. The number of carbonyl (C=O) groups is 1. The van der Waals surface area contributed by atoms with Gasteiger partial charge in [0.15, 0.2) is 5.82 Å². The van der Waals surface area contributed by atoms with Gasteiger partial charge < -0.3 is 39.8 Å². The van der Waals surface area contributed by atoms with Crippen molar-refractivity contribution in [1.82, 2.24) is 20.0 Å². The number of amides is 1. The van der Waals surface area contributed by atoms with Crippen LogP contribution in [-0.2, 0) is 14.2 Å². The van der Waals surface area contributed by atoms with E-state index >= 15 is 0 Å². The summed E-state index contributed by atoms with van der Waals surface area (Å²) < 4.78 is 18.1. The predicted molar refractivity (Wildman–Crippen MR) is 186 cm³/mol. The van der Waals surface area contributed by atoms with Crippen LogP contribution in [-0.4, -0.2) is 100 Å². The van der Waals surface area contributed by atoms with Crippen LogP contribution in [0.2, 0.25) is 0 Å². The molecule has 1 amide bonds. The molecule has 4 heterocycles. The monoisotopic (exact) mass is 659 g/mol. The summed E-state index contributed by atoms with van der Waals surface area (Å²) in [5, 5.41) is 18.9. The van der Waals surface area contributed by atoms with Crippen molar-refractivity contribution in [3.63, 3.8) is 0 Å². The number of aromatic nitrogens is 2. The van der Waals surface area contributed by atoms with Crippen LogP contribution in [0.25, 0.3) is 11.3 Å². The number of phenolic OH excluding ortho intramolecular Hbond substituents is 1. The summed E-state index contributed by atoms with van der Waals surface area (Å²) in [5.41, 5.74) is 8.98. The van der Waals surface area contributed by atoms with Crippen molar-refractivity contribution in [1.29, 1.82) is 0 Å². The fourth-order valence-electron chi connectivity index (χ4n) is 7.21. The molecule has 0 spiro atoms. The lowest BCUT2D eigenvalue weighted by Crippen LogP contribution is -2.53. The van der Waals surface area contributed by atoms with Crippen molar-refractivity contribution >= 4 is 24.3 Å². The minimum Gasteiger partial charge on any atom is -0.507 e. The molecule has 4 fully saturated rings. The number of nitrogen functional groups attached to an aromatic ring is 1. The van der Waals surface area contributed by atoms with Gasteiger partial charge in [-0.3, -0.25) is 0 Å². The molecule has 1 aliphatic carbocycles. The van der Waals surface area contributed by atoms with E-state index in [1.54, 1.807) is 17.0 Å². The number of aromatic hydroxyl groups is 1. The average molecular weight is 660 g/mol. The van der Waals surface area contributed by atoms with Crippen LogP contribution in [0.4, 0.5) is 16.3 Å². The Morgan fingerprint density at radius 2 is 1.73 bits per heavy atom. The maximum absolute atomic E-state index is 12.4. The second-order valence-electron chi connectivity index (χ2n) is 14.2. The minimum absolute atomic E-state index is 0.0284. The molecule has 12 heteroatoms. The summed E-state index contributed by atoms with van der Waals surface area (Å²) in [6, 6.07) is 9.61. The molecule has 0 radical (unpaired) electrons. The molecule has 3 saturated heterocycles. The quantitative estimate of drug-likeness (QED) is 0.202. The van der Waals surface area contributed by atoms with E-state index in [2.05, 4.69) is 37.8 Å². The second kappa shape index (κ2) is 14.0. The topological polar surface area (TPSA) is 139 Å². The Balaban J connectivity index is 1.01. The molecule has 2 aromatic rings. The zero-order valence-electron chi connectivity index (χ0n) is 28.5. The zero-order chi connectivity index (χ0) is 34.0. The van der Waals surface area contributed by atoms with E-state index in [4.69, 9.17) is 19.9 Å². The number of nitrogens with zero attached hydrogens (tertiary/aromatic N) is 6. The molecule has 12 nitrogen and oxygen atoms in total. The SMILES string of the molecule is C=N/C(=C\C(=C/C)N1C2CCC1CN(c1cc(-c3ccccc3O)nnc1N)C2)O[C@H]1C[C@H](OC2CCN(C(=O)OC(C)(C)C)CC2)C1. The molecule has 2 atom stereocenters. The number of ether oxygens (including phenoxy) is 3. The second-order valence-corrected chi connectivity index (χ2v) is 14.2. The van der Waals surface area contributed by atoms with E-state index in [1.165, 1.54) is 0 Å². The van der Waals surface area contributed by atoms with Crippen molar-refractivity contribution in [2.45, 2.75) is 102 Å². The van der Waals surface area contributed by atoms with Gasteiger partial charge in [-0.15, -0.1) is 10.2 Å². The molecule has 2 bridgehead atoms. The third kappa shape index (κ3) is 7.53. The van der Waals surface area contributed by atoms with E-state index in [1.807, 2.05) is 52.0 Å². The highest BCUT2D eigenvalue weighted by Gasteiger charge is 2.42. The van der Waals surface area contributed by atoms with Crippen LogP contribution < -0.4 is 10.6 Å². The highest BCUT2D eigenvalue weighted by Crippen LogP contribution is 2.39. The largest absolute Gasteiger partial charge is 0.507 e. The number of carbonyl (C=O) groups excluding carboxylic acids is 1. The van der Waals surface area contributed by atoms with Gasteiger partial charge in [0.25, 0.3) is 0 Å². The number of phenols is 1. The lowest BCUT2D eigenvalue weighted by atomic mass is 9.91. The molecule has 258 valence electrons.